The van der Waals surface area contributed by atoms with Crippen molar-refractivity contribution >= 4 is 11.0 Å². The predicted octanol–water partition coefficient (Wildman–Crippen LogP) is 4.26. The summed E-state index contributed by atoms with van der Waals surface area (Å²) in [5.74, 6) is 1.00. The molecule has 2 aromatic rings. The molecule has 1 N–H and O–H groups in total. The molecule has 3 heteroatoms. The quantitative estimate of drug-likeness (QED) is 0.773. The minimum absolute atomic E-state index is 0.522. The molecule has 1 heterocycles. The van der Waals surface area contributed by atoms with E-state index in [1.807, 2.05) is 18.2 Å². The van der Waals surface area contributed by atoms with E-state index in [1.54, 1.807) is 0 Å². The number of rotatable bonds is 7. The van der Waals surface area contributed by atoms with E-state index in [1.165, 1.54) is 37.5 Å². The zero-order chi connectivity index (χ0) is 14.3. The molecule has 1 saturated carbocycles. The van der Waals surface area contributed by atoms with Crippen LogP contribution in [-0.4, -0.2) is 19.3 Å². The topological polar surface area (TPSA) is 34.4 Å². The van der Waals surface area contributed by atoms with Crippen molar-refractivity contribution in [2.24, 2.45) is 0 Å². The average Bonchev–Trinajstić information content (AvgIpc) is 2.94. The number of benzene rings is 1. The Morgan fingerprint density at radius 1 is 1.14 bits per heavy atom. The highest BCUT2D eigenvalue weighted by atomic mass is 16.5. The van der Waals surface area contributed by atoms with Gasteiger partial charge in [-0.2, -0.15) is 0 Å². The van der Waals surface area contributed by atoms with Crippen LogP contribution in [0.1, 0.15) is 44.3 Å². The number of hydrogen-bond donors (Lipinski definition) is 1. The second-order valence-corrected chi connectivity index (χ2v) is 5.91. The molecule has 0 amide bonds. The minimum Gasteiger partial charge on any atom is -0.460 e. The van der Waals surface area contributed by atoms with Crippen LogP contribution in [0.25, 0.3) is 11.0 Å². The van der Waals surface area contributed by atoms with Gasteiger partial charge >= 0.3 is 0 Å². The van der Waals surface area contributed by atoms with Crippen molar-refractivity contribution in [2.45, 2.75) is 51.2 Å². The Bertz CT molecular complexity index is 510. The summed E-state index contributed by atoms with van der Waals surface area (Å²) in [7, 11) is 0. The molecule has 1 aliphatic carbocycles. The lowest BCUT2D eigenvalue weighted by molar-refractivity contribution is 0.0272. The molecule has 21 heavy (non-hydrogen) atoms. The summed E-state index contributed by atoms with van der Waals surface area (Å²) < 4.78 is 11.7. The van der Waals surface area contributed by atoms with Crippen molar-refractivity contribution < 1.29 is 9.15 Å². The Morgan fingerprint density at radius 2 is 2.00 bits per heavy atom. The van der Waals surface area contributed by atoms with Crippen LogP contribution >= 0.6 is 0 Å². The van der Waals surface area contributed by atoms with Crippen molar-refractivity contribution in [3.8, 4) is 0 Å². The first-order valence-electron chi connectivity index (χ1n) is 8.21. The van der Waals surface area contributed by atoms with Crippen LogP contribution in [0.2, 0.25) is 0 Å². The smallest absolute Gasteiger partial charge is 0.134 e. The van der Waals surface area contributed by atoms with Crippen molar-refractivity contribution in [3.63, 3.8) is 0 Å². The van der Waals surface area contributed by atoms with Crippen LogP contribution in [0, 0.1) is 0 Å². The largest absolute Gasteiger partial charge is 0.460 e. The summed E-state index contributed by atoms with van der Waals surface area (Å²) in [6.07, 6.45) is 8.17. The Hall–Kier alpha value is -1.32. The molecule has 0 radical (unpaired) electrons. The Labute approximate surface area is 126 Å². The second kappa shape index (κ2) is 7.62. The molecule has 0 aliphatic heterocycles. The van der Waals surface area contributed by atoms with Gasteiger partial charge in [0.2, 0.25) is 0 Å². The van der Waals surface area contributed by atoms with Gasteiger partial charge in [-0.3, -0.25) is 0 Å². The summed E-state index contributed by atoms with van der Waals surface area (Å²) >= 11 is 0. The number of nitrogens with one attached hydrogen (secondary N) is 1. The molecule has 1 aromatic carbocycles. The van der Waals surface area contributed by atoms with E-state index in [0.29, 0.717) is 6.10 Å². The van der Waals surface area contributed by atoms with Gasteiger partial charge in [0.25, 0.3) is 0 Å². The highest BCUT2D eigenvalue weighted by molar-refractivity contribution is 5.77. The van der Waals surface area contributed by atoms with Gasteiger partial charge < -0.3 is 14.5 Å². The van der Waals surface area contributed by atoms with Crippen molar-refractivity contribution in [3.05, 3.63) is 36.1 Å². The van der Waals surface area contributed by atoms with Crippen molar-refractivity contribution in [2.75, 3.05) is 13.2 Å². The van der Waals surface area contributed by atoms with Crippen LogP contribution in [0.4, 0.5) is 0 Å². The van der Waals surface area contributed by atoms with Gasteiger partial charge in [-0.25, -0.2) is 0 Å². The van der Waals surface area contributed by atoms with Gasteiger partial charge in [-0.15, -0.1) is 0 Å². The van der Waals surface area contributed by atoms with Crippen LogP contribution in [0.3, 0.4) is 0 Å². The molecule has 3 nitrogen and oxygen atoms in total. The third kappa shape index (κ3) is 4.32. The normalized spacial score (nSPS) is 16.6. The van der Waals surface area contributed by atoms with Crippen LogP contribution in [0.5, 0.6) is 0 Å². The molecule has 3 rings (SSSR count). The third-order valence-corrected chi connectivity index (χ3v) is 4.18. The molecule has 1 fully saturated rings. The Morgan fingerprint density at radius 3 is 2.86 bits per heavy atom. The summed E-state index contributed by atoms with van der Waals surface area (Å²) in [6, 6.07) is 10.3. The molecule has 1 aliphatic rings. The van der Waals surface area contributed by atoms with Crippen LogP contribution in [0.15, 0.2) is 34.7 Å². The number of ether oxygens (including phenoxy) is 1. The van der Waals surface area contributed by atoms with E-state index in [0.717, 1.165) is 37.5 Å². The first-order valence-corrected chi connectivity index (χ1v) is 8.21. The SMILES string of the molecule is c1ccc2oc(CNCCCOC3CCCCC3)cc2c1. The van der Waals surface area contributed by atoms with E-state index < -0.39 is 0 Å². The van der Waals surface area contributed by atoms with Crippen molar-refractivity contribution in [1.82, 2.24) is 5.32 Å². The summed E-state index contributed by atoms with van der Waals surface area (Å²) in [6.45, 7) is 2.64. The standard InChI is InChI=1S/C18H25NO2/c1-2-8-16(9-3-1)20-12-6-11-19-14-17-13-15-7-4-5-10-18(15)21-17/h4-5,7,10,13,16,19H,1-3,6,8-9,11-12,14H2. The molecular formula is C18H25NO2. The minimum atomic E-state index is 0.522. The zero-order valence-corrected chi connectivity index (χ0v) is 12.6. The lowest BCUT2D eigenvalue weighted by Crippen LogP contribution is -2.20. The fourth-order valence-corrected chi connectivity index (χ4v) is 3.01. The molecule has 0 unspecified atom stereocenters. The first-order chi connectivity index (χ1) is 10.4. The number of hydrogen-bond acceptors (Lipinski definition) is 3. The molecule has 0 bridgehead atoms. The summed E-state index contributed by atoms with van der Waals surface area (Å²) in [4.78, 5) is 0. The lowest BCUT2D eigenvalue weighted by Gasteiger charge is -2.21. The van der Waals surface area contributed by atoms with Gasteiger partial charge in [0.15, 0.2) is 0 Å². The fourth-order valence-electron chi connectivity index (χ4n) is 3.01. The van der Waals surface area contributed by atoms with Gasteiger partial charge in [0.05, 0.1) is 12.6 Å². The molecule has 0 saturated heterocycles. The molecule has 0 atom stereocenters. The van der Waals surface area contributed by atoms with Gasteiger partial charge in [0.1, 0.15) is 11.3 Å². The monoisotopic (exact) mass is 287 g/mol. The van der Waals surface area contributed by atoms with Gasteiger partial charge in [0, 0.05) is 12.0 Å². The summed E-state index contributed by atoms with van der Waals surface area (Å²) in [5.41, 5.74) is 0.968. The maximum atomic E-state index is 5.92. The summed E-state index contributed by atoms with van der Waals surface area (Å²) in [5, 5.41) is 4.60. The fraction of sp³-hybridized carbons (Fsp3) is 0.556. The molecule has 114 valence electrons. The zero-order valence-electron chi connectivity index (χ0n) is 12.6. The van der Waals surface area contributed by atoms with E-state index in [9.17, 15) is 0 Å². The second-order valence-electron chi connectivity index (χ2n) is 5.91. The predicted molar refractivity (Wildman–Crippen MR) is 85.4 cm³/mol. The third-order valence-electron chi connectivity index (χ3n) is 4.18. The maximum absolute atomic E-state index is 5.92. The van der Waals surface area contributed by atoms with E-state index in [4.69, 9.17) is 9.15 Å². The van der Waals surface area contributed by atoms with Crippen LogP contribution in [-0.2, 0) is 11.3 Å². The first kappa shape index (κ1) is 14.6. The Balaban J connectivity index is 1.31. The van der Waals surface area contributed by atoms with Gasteiger partial charge in [-0.1, -0.05) is 37.5 Å². The molecular weight excluding hydrogens is 262 g/mol. The average molecular weight is 287 g/mol. The molecule has 0 spiro atoms. The number of fused-ring (bicyclic) bond motifs is 1. The number of furan rings is 1. The van der Waals surface area contributed by atoms with Gasteiger partial charge in [-0.05, 0) is 37.9 Å². The van der Waals surface area contributed by atoms with E-state index in [-0.39, 0.29) is 0 Å². The number of para-hydroxylation sites is 1. The highest BCUT2D eigenvalue weighted by Crippen LogP contribution is 2.20. The van der Waals surface area contributed by atoms with Crippen molar-refractivity contribution in [1.29, 1.82) is 0 Å². The van der Waals surface area contributed by atoms with Crippen LogP contribution < -0.4 is 5.32 Å². The lowest BCUT2D eigenvalue weighted by atomic mass is 9.98. The maximum Gasteiger partial charge on any atom is 0.134 e. The highest BCUT2D eigenvalue weighted by Gasteiger charge is 2.12. The van der Waals surface area contributed by atoms with E-state index in [2.05, 4.69) is 17.4 Å². The Kier molecular flexibility index (Phi) is 5.30. The van der Waals surface area contributed by atoms with E-state index >= 15 is 0 Å². The molecule has 1 aromatic heterocycles.